The van der Waals surface area contributed by atoms with Crippen LogP contribution in [-0.2, 0) is 65.8 Å². The summed E-state index contributed by atoms with van der Waals surface area (Å²) >= 11 is 0. The Balaban J connectivity index is 0.732. The number of allylic oxidation sites excluding steroid dienone is 4. The van der Waals surface area contributed by atoms with Crippen molar-refractivity contribution in [2.45, 2.75) is 90.4 Å². The highest BCUT2D eigenvalue weighted by atomic mass is 16.7. The van der Waals surface area contributed by atoms with Crippen LogP contribution in [0.2, 0.25) is 0 Å². The molecular weight excluding hydrogens is 1030 g/mol. The number of nitrogens with one attached hydrogen (secondary N) is 4. The second kappa shape index (κ2) is 23.2. The number of amides is 6. The van der Waals surface area contributed by atoms with E-state index in [-0.39, 0.29) is 59.0 Å². The fraction of sp³-hybridized carbons (Fsp3) is 0.424. The number of aliphatic carboxylic acids is 1. The number of anilines is 3. The molecule has 0 bridgehead atoms. The van der Waals surface area contributed by atoms with Gasteiger partial charge in [-0.3, -0.25) is 43.7 Å². The van der Waals surface area contributed by atoms with Gasteiger partial charge in [-0.05, 0) is 127 Å². The molecule has 0 aromatic heterocycles. The Morgan fingerprint density at radius 3 is 2.26 bits per heavy atom. The van der Waals surface area contributed by atoms with Gasteiger partial charge in [-0.25, -0.2) is 9.59 Å². The predicted molar refractivity (Wildman–Crippen MR) is 286 cm³/mol. The van der Waals surface area contributed by atoms with E-state index < -0.39 is 108 Å². The number of aliphatic hydroxyl groups is 2. The highest BCUT2D eigenvalue weighted by Crippen LogP contribution is 2.72. The summed E-state index contributed by atoms with van der Waals surface area (Å²) in [5.41, 5.74) is 3.62. The topological polar surface area (TPSA) is 304 Å². The lowest BCUT2D eigenvalue weighted by atomic mass is 9.44. The Morgan fingerprint density at radius 2 is 1.55 bits per heavy atom. The molecule has 7 N–H and O–H groups in total. The van der Waals surface area contributed by atoms with Crippen LogP contribution in [0.25, 0.3) is 0 Å². The van der Waals surface area contributed by atoms with Crippen molar-refractivity contribution in [1.29, 1.82) is 0 Å². The molecule has 420 valence electrons. The second-order valence-corrected chi connectivity index (χ2v) is 22.1. The Kier molecular flexibility index (Phi) is 16.4. The van der Waals surface area contributed by atoms with Gasteiger partial charge in [-0.2, -0.15) is 0 Å². The number of imide groups is 1. The van der Waals surface area contributed by atoms with Gasteiger partial charge in [0.25, 0.3) is 11.8 Å². The Hall–Kier alpha value is -8.30. The van der Waals surface area contributed by atoms with E-state index in [1.807, 2.05) is 36.4 Å². The largest absolute Gasteiger partial charge is 0.481 e. The van der Waals surface area contributed by atoms with Gasteiger partial charge < -0.3 is 45.7 Å². The number of benzene rings is 3. The molecule has 4 fully saturated rings. The summed E-state index contributed by atoms with van der Waals surface area (Å²) < 4.78 is 5.47. The first-order valence-corrected chi connectivity index (χ1v) is 26.8. The number of hydroxylamine groups is 2. The number of aliphatic hydroxyl groups excluding tert-OH is 2. The maximum absolute atomic E-state index is 14.2. The molecule has 2 heterocycles. The molecule has 1 saturated heterocycles. The summed E-state index contributed by atoms with van der Waals surface area (Å²) in [4.78, 5) is 131. The molecule has 3 aromatic rings. The molecular formula is C59H64N6O15. The van der Waals surface area contributed by atoms with Crippen LogP contribution in [0.4, 0.5) is 21.9 Å². The van der Waals surface area contributed by atoms with Crippen LogP contribution < -0.4 is 26.2 Å². The van der Waals surface area contributed by atoms with Crippen molar-refractivity contribution in [2.24, 2.45) is 39.9 Å². The first-order chi connectivity index (χ1) is 38.2. The Morgan fingerprint density at radius 1 is 0.825 bits per heavy atom. The molecule has 6 aliphatic rings. The van der Waals surface area contributed by atoms with Gasteiger partial charge in [0, 0.05) is 66.5 Å². The van der Waals surface area contributed by atoms with Gasteiger partial charge in [0.1, 0.15) is 19.3 Å². The minimum absolute atomic E-state index is 0.00572. The number of carbonyl (C=O) groups excluding carboxylic acids is 9. The maximum Gasteiger partial charge on any atom is 0.411 e. The van der Waals surface area contributed by atoms with Crippen LogP contribution in [0.5, 0.6) is 0 Å². The molecule has 0 unspecified atom stereocenters. The van der Waals surface area contributed by atoms with Crippen molar-refractivity contribution in [2.75, 3.05) is 41.8 Å². The summed E-state index contributed by atoms with van der Waals surface area (Å²) in [5.74, 6) is -6.16. The van der Waals surface area contributed by atoms with Gasteiger partial charge in [0.15, 0.2) is 11.6 Å². The first-order valence-electron chi connectivity index (χ1n) is 26.8. The quantitative estimate of drug-likeness (QED) is 0.0768. The molecule has 80 heavy (non-hydrogen) atoms. The van der Waals surface area contributed by atoms with Gasteiger partial charge in [0.05, 0.1) is 24.5 Å². The molecule has 0 spiro atoms. The van der Waals surface area contributed by atoms with E-state index in [0.29, 0.717) is 37.2 Å². The molecule has 21 heteroatoms. The van der Waals surface area contributed by atoms with Crippen molar-refractivity contribution in [3.05, 3.63) is 125 Å². The predicted octanol–water partition coefficient (Wildman–Crippen LogP) is 4.47. The minimum Gasteiger partial charge on any atom is -0.481 e. The van der Waals surface area contributed by atoms with Crippen LogP contribution in [0.15, 0.2) is 109 Å². The van der Waals surface area contributed by atoms with E-state index in [1.54, 1.807) is 30.4 Å². The lowest BCUT2D eigenvalue weighted by Gasteiger charge is -2.60. The summed E-state index contributed by atoms with van der Waals surface area (Å²) in [5, 5.41) is 42.1. The normalized spacial score (nSPS) is 26.5. The molecule has 2 aliphatic heterocycles. The number of carboxylic acids is 1. The third-order valence-electron chi connectivity index (χ3n) is 17.4. The third kappa shape index (κ3) is 11.6. The van der Waals surface area contributed by atoms with Crippen LogP contribution in [0.3, 0.4) is 0 Å². The molecule has 3 saturated carbocycles. The number of fused-ring (bicyclic) bond motifs is 7. The van der Waals surface area contributed by atoms with Gasteiger partial charge >= 0.3 is 18.0 Å². The average molecular weight is 1100 g/mol. The number of rotatable bonds is 20. The lowest BCUT2D eigenvalue weighted by molar-refractivity contribution is -0.196. The molecule has 3 aromatic carbocycles. The van der Waals surface area contributed by atoms with Gasteiger partial charge in [0.2, 0.25) is 17.7 Å². The van der Waals surface area contributed by atoms with E-state index in [9.17, 15) is 63.3 Å². The summed E-state index contributed by atoms with van der Waals surface area (Å²) in [6.07, 6.45) is 7.57. The standard InChI is InChI=1S/C59H64N6O15/c1-57-23-22-42(67)26-37(57)10-15-43-44-27-38-30-64(33-59(38,47(69)31-66)58(44,2)28-46(68)54(43)57)41-13-8-34(9-14-41)24-36-4-3-5-40(25-36)62-56(78)79-32-35-6-11-39(12-7-35)61-55(77)45(16-20-52(74)75)63-49(71)29-60-48(70)17-21-53(76)80-65-50(72)18-19-51(65)73/h3-9,11-14,18-19,22-23,25-26,38,43-46,54,66,68H,10,15-17,20-21,24,27-33H2,1-2H3,(H,60,70)(H,61,77)(H,62,78)(H,63,71)(H,74,75)/t38-,43-,44-,45-,46-,54+,57-,58-,59+/m0/s1. The SMILES string of the molecule is C[C@]12C=CC(=O)C=C1CC[C@@H]1[C@@H]2[C@@H](O)C[C@@]2(C)[C@H]1C[C@H]1CN(c3ccc(Cc4cccc(NC(=O)OCc5ccc(NC(=O)[C@H](CCC(=O)O)NC(=O)CNC(=O)CCC(=O)ON6C(=O)C=CC6=O)cc5)c4)cc3)C[C@]12C(=O)CO. The van der Waals surface area contributed by atoms with E-state index in [2.05, 4.69) is 57.0 Å². The zero-order valence-corrected chi connectivity index (χ0v) is 44.3. The van der Waals surface area contributed by atoms with E-state index in [1.165, 1.54) is 12.1 Å². The fourth-order valence-corrected chi connectivity index (χ4v) is 13.7. The van der Waals surface area contributed by atoms with Crippen molar-refractivity contribution >= 4 is 76.2 Å². The minimum atomic E-state index is -1.32. The van der Waals surface area contributed by atoms with Crippen molar-refractivity contribution in [3.8, 4) is 0 Å². The Labute approximate surface area is 460 Å². The van der Waals surface area contributed by atoms with Gasteiger partial charge in [-0.1, -0.05) is 67.0 Å². The summed E-state index contributed by atoms with van der Waals surface area (Å²) in [7, 11) is 0. The van der Waals surface area contributed by atoms with Crippen LogP contribution in [0, 0.1) is 39.9 Å². The highest BCUT2D eigenvalue weighted by Gasteiger charge is 2.73. The number of carbonyl (C=O) groups is 10. The molecule has 0 radical (unpaired) electrons. The number of ketones is 2. The molecule has 21 nitrogen and oxygen atoms in total. The number of Topliss-reactive ketones (excluding diaryl/α,β-unsaturated/α-hetero) is 1. The second-order valence-electron chi connectivity index (χ2n) is 22.1. The van der Waals surface area contributed by atoms with Crippen LogP contribution >= 0.6 is 0 Å². The molecule has 9 rings (SSSR count). The zero-order valence-electron chi connectivity index (χ0n) is 44.3. The zero-order chi connectivity index (χ0) is 57.1. The maximum atomic E-state index is 14.2. The Bertz CT molecular complexity index is 3080. The number of hydrogen-bond acceptors (Lipinski definition) is 15. The van der Waals surface area contributed by atoms with Crippen molar-refractivity contribution in [1.82, 2.24) is 15.7 Å². The number of hydrogen-bond donors (Lipinski definition) is 7. The fourth-order valence-electron chi connectivity index (χ4n) is 13.7. The van der Waals surface area contributed by atoms with Crippen LogP contribution in [-0.4, -0.2) is 118 Å². The number of ether oxygens (including phenoxy) is 1. The third-order valence-corrected chi connectivity index (χ3v) is 17.4. The molecule has 6 amide bonds. The van der Waals surface area contributed by atoms with Crippen molar-refractivity contribution < 1.29 is 72.8 Å². The number of nitrogens with zero attached hydrogens (tertiary/aromatic N) is 2. The average Bonchev–Trinajstić information content (AvgIpc) is 4.22. The smallest absolute Gasteiger partial charge is 0.411 e. The van der Waals surface area contributed by atoms with E-state index in [4.69, 9.17) is 4.74 Å². The number of carboxylic acid groups (broad SMARTS) is 1. The van der Waals surface area contributed by atoms with Crippen molar-refractivity contribution in [3.63, 3.8) is 0 Å². The molecule has 9 atom stereocenters. The lowest BCUT2D eigenvalue weighted by Crippen LogP contribution is -2.60. The summed E-state index contributed by atoms with van der Waals surface area (Å²) in [6.45, 7) is 4.14. The first kappa shape index (κ1) is 56.4. The molecule has 4 aliphatic carbocycles. The van der Waals surface area contributed by atoms with Gasteiger partial charge in [-0.15, -0.1) is 0 Å². The highest BCUT2D eigenvalue weighted by molar-refractivity contribution is 6.12. The van der Waals surface area contributed by atoms with E-state index in [0.717, 1.165) is 53.8 Å². The van der Waals surface area contributed by atoms with Crippen LogP contribution in [0.1, 0.15) is 81.9 Å². The monoisotopic (exact) mass is 1100 g/mol. The van der Waals surface area contributed by atoms with E-state index >= 15 is 0 Å². The summed E-state index contributed by atoms with van der Waals surface area (Å²) in [6, 6.07) is 20.5.